The van der Waals surface area contributed by atoms with Crippen LogP contribution in [0.4, 0.5) is 0 Å². The van der Waals surface area contributed by atoms with Crippen molar-refractivity contribution in [1.29, 1.82) is 0 Å². The summed E-state index contributed by atoms with van der Waals surface area (Å²) in [5, 5.41) is 0. The van der Waals surface area contributed by atoms with Crippen molar-refractivity contribution in [3.63, 3.8) is 0 Å². The van der Waals surface area contributed by atoms with Crippen molar-refractivity contribution in [2.24, 2.45) is 7.05 Å². The SMILES string of the molecule is COC(=O)c1c(C)c(C(=O)C(C)N(Cc2ccco2)C(=O)c2ccco2)c(C)n1C. The first-order chi connectivity index (χ1) is 14.3. The number of ether oxygens (including phenoxy) is 1. The molecule has 1 unspecified atom stereocenters. The van der Waals surface area contributed by atoms with Crippen molar-refractivity contribution in [3.8, 4) is 0 Å². The van der Waals surface area contributed by atoms with Gasteiger partial charge in [-0.1, -0.05) is 0 Å². The molecule has 158 valence electrons. The normalized spacial score (nSPS) is 11.9. The van der Waals surface area contributed by atoms with Crippen molar-refractivity contribution >= 4 is 17.7 Å². The number of carbonyl (C=O) groups excluding carboxylic acids is 3. The maximum Gasteiger partial charge on any atom is 0.354 e. The summed E-state index contributed by atoms with van der Waals surface area (Å²) in [4.78, 5) is 40.1. The lowest BCUT2D eigenvalue weighted by molar-refractivity contribution is 0.0572. The average Bonchev–Trinajstić information content (AvgIpc) is 3.47. The van der Waals surface area contributed by atoms with Crippen LogP contribution in [0.3, 0.4) is 0 Å². The van der Waals surface area contributed by atoms with Gasteiger partial charge in [0.15, 0.2) is 11.5 Å². The molecule has 1 atom stereocenters. The number of furan rings is 2. The highest BCUT2D eigenvalue weighted by Gasteiger charge is 2.34. The van der Waals surface area contributed by atoms with Crippen LogP contribution >= 0.6 is 0 Å². The maximum absolute atomic E-state index is 13.5. The summed E-state index contributed by atoms with van der Waals surface area (Å²) in [7, 11) is 2.99. The Balaban J connectivity index is 2.00. The zero-order valence-electron chi connectivity index (χ0n) is 17.6. The predicted molar refractivity (Wildman–Crippen MR) is 107 cm³/mol. The number of amides is 1. The van der Waals surface area contributed by atoms with Gasteiger partial charge in [-0.05, 0) is 50.6 Å². The molecule has 0 aromatic carbocycles. The quantitative estimate of drug-likeness (QED) is 0.435. The molecule has 0 aliphatic rings. The molecule has 3 aromatic rings. The smallest absolute Gasteiger partial charge is 0.354 e. The first-order valence-electron chi connectivity index (χ1n) is 9.43. The van der Waals surface area contributed by atoms with Gasteiger partial charge in [0.1, 0.15) is 11.5 Å². The summed E-state index contributed by atoms with van der Waals surface area (Å²) < 4.78 is 17.1. The largest absolute Gasteiger partial charge is 0.467 e. The summed E-state index contributed by atoms with van der Waals surface area (Å²) in [6.45, 7) is 5.19. The van der Waals surface area contributed by atoms with Crippen LogP contribution in [0.15, 0.2) is 45.6 Å². The minimum absolute atomic E-state index is 0.0915. The molecule has 0 saturated heterocycles. The van der Waals surface area contributed by atoms with Gasteiger partial charge in [-0.15, -0.1) is 0 Å². The van der Waals surface area contributed by atoms with Crippen LogP contribution in [0, 0.1) is 13.8 Å². The molecule has 0 aliphatic heterocycles. The third-order valence-corrected chi connectivity index (χ3v) is 5.30. The molecular weight excluding hydrogens is 388 g/mol. The van der Waals surface area contributed by atoms with Gasteiger partial charge in [-0.3, -0.25) is 9.59 Å². The highest BCUT2D eigenvalue weighted by molar-refractivity contribution is 6.07. The summed E-state index contributed by atoms with van der Waals surface area (Å²) >= 11 is 0. The summed E-state index contributed by atoms with van der Waals surface area (Å²) in [5.74, 6) is -0.591. The summed E-state index contributed by atoms with van der Waals surface area (Å²) in [5.41, 5.74) is 1.83. The standard InChI is InChI=1S/C22H24N2O6/c1-13-18(14(2)23(4)19(13)22(27)28-5)20(25)15(3)24(12-16-8-6-10-29-16)21(26)17-9-7-11-30-17/h6-11,15H,12H2,1-5H3. The number of ketones is 1. The lowest BCUT2D eigenvalue weighted by atomic mass is 9.99. The van der Waals surface area contributed by atoms with Gasteiger partial charge in [-0.2, -0.15) is 0 Å². The Hall–Kier alpha value is -3.55. The van der Waals surface area contributed by atoms with E-state index in [1.165, 1.54) is 24.5 Å². The van der Waals surface area contributed by atoms with E-state index in [4.69, 9.17) is 13.6 Å². The van der Waals surface area contributed by atoms with Crippen LogP contribution in [-0.2, 0) is 18.3 Å². The number of Topliss-reactive ketones (excluding diaryl/α,β-unsaturated/α-hetero) is 1. The van der Waals surface area contributed by atoms with Gasteiger partial charge in [0.2, 0.25) is 0 Å². The molecule has 0 aliphatic carbocycles. The number of methoxy groups -OCH3 is 1. The molecule has 30 heavy (non-hydrogen) atoms. The van der Waals surface area contributed by atoms with E-state index in [1.54, 1.807) is 56.7 Å². The number of carbonyl (C=O) groups is 3. The topological polar surface area (TPSA) is 94.9 Å². The van der Waals surface area contributed by atoms with Crippen LogP contribution < -0.4 is 0 Å². The van der Waals surface area contributed by atoms with Crippen LogP contribution in [-0.4, -0.2) is 40.3 Å². The van der Waals surface area contributed by atoms with E-state index in [-0.39, 0.29) is 18.1 Å². The van der Waals surface area contributed by atoms with Gasteiger partial charge in [0, 0.05) is 18.3 Å². The molecule has 0 fully saturated rings. The molecule has 8 heteroatoms. The molecule has 8 nitrogen and oxygen atoms in total. The summed E-state index contributed by atoms with van der Waals surface area (Å²) in [6, 6.07) is 5.76. The van der Waals surface area contributed by atoms with E-state index < -0.39 is 17.9 Å². The Kier molecular flexibility index (Phi) is 5.96. The van der Waals surface area contributed by atoms with E-state index in [0.717, 1.165) is 0 Å². The molecule has 0 spiro atoms. The lowest BCUT2D eigenvalue weighted by Crippen LogP contribution is -2.43. The number of hydrogen-bond acceptors (Lipinski definition) is 6. The molecule has 0 radical (unpaired) electrons. The van der Waals surface area contributed by atoms with Crippen molar-refractivity contribution in [2.45, 2.75) is 33.4 Å². The molecule has 1 amide bonds. The second-order valence-corrected chi connectivity index (χ2v) is 7.01. The van der Waals surface area contributed by atoms with Crippen molar-refractivity contribution in [1.82, 2.24) is 9.47 Å². The molecule has 0 bridgehead atoms. The van der Waals surface area contributed by atoms with E-state index in [2.05, 4.69) is 0 Å². The second-order valence-electron chi connectivity index (χ2n) is 7.01. The fourth-order valence-electron chi connectivity index (χ4n) is 3.57. The Bertz CT molecular complexity index is 1060. The molecule has 0 N–H and O–H groups in total. The fourth-order valence-corrected chi connectivity index (χ4v) is 3.57. The van der Waals surface area contributed by atoms with E-state index >= 15 is 0 Å². The molecular formula is C22H24N2O6. The molecule has 3 heterocycles. The highest BCUT2D eigenvalue weighted by Crippen LogP contribution is 2.26. The predicted octanol–water partition coefficient (Wildman–Crippen LogP) is 3.53. The molecule has 3 aromatic heterocycles. The lowest BCUT2D eigenvalue weighted by Gasteiger charge is -2.27. The Morgan fingerprint density at radius 1 is 1.13 bits per heavy atom. The Morgan fingerprint density at radius 2 is 1.80 bits per heavy atom. The third-order valence-electron chi connectivity index (χ3n) is 5.30. The number of nitrogens with zero attached hydrogens (tertiary/aromatic N) is 2. The molecule has 3 rings (SSSR count). The zero-order chi connectivity index (χ0) is 22.0. The van der Waals surface area contributed by atoms with Crippen LogP contribution in [0.25, 0.3) is 0 Å². The van der Waals surface area contributed by atoms with Crippen LogP contribution in [0.2, 0.25) is 0 Å². The number of esters is 1. The third kappa shape index (κ3) is 3.68. The van der Waals surface area contributed by atoms with Crippen molar-refractivity contribution < 1.29 is 28.0 Å². The van der Waals surface area contributed by atoms with E-state index in [9.17, 15) is 14.4 Å². The van der Waals surface area contributed by atoms with Gasteiger partial charge in [-0.25, -0.2) is 4.79 Å². The number of aromatic nitrogens is 1. The van der Waals surface area contributed by atoms with Crippen molar-refractivity contribution in [3.05, 3.63) is 70.8 Å². The fraction of sp³-hybridized carbons (Fsp3) is 0.318. The van der Waals surface area contributed by atoms with Gasteiger partial charge >= 0.3 is 5.97 Å². The van der Waals surface area contributed by atoms with Crippen LogP contribution in [0.5, 0.6) is 0 Å². The second kappa shape index (κ2) is 8.44. The van der Waals surface area contributed by atoms with Gasteiger partial charge < -0.3 is 23.0 Å². The first-order valence-corrected chi connectivity index (χ1v) is 9.43. The zero-order valence-corrected chi connectivity index (χ0v) is 17.6. The maximum atomic E-state index is 13.5. The number of rotatable bonds is 7. The monoisotopic (exact) mass is 412 g/mol. The van der Waals surface area contributed by atoms with Crippen molar-refractivity contribution in [2.75, 3.05) is 7.11 Å². The van der Waals surface area contributed by atoms with Gasteiger partial charge in [0.05, 0.1) is 32.2 Å². The minimum Gasteiger partial charge on any atom is -0.467 e. The van der Waals surface area contributed by atoms with E-state index in [0.29, 0.717) is 28.3 Å². The Labute approximate surface area is 174 Å². The minimum atomic E-state index is -0.835. The van der Waals surface area contributed by atoms with E-state index in [1.807, 2.05) is 0 Å². The summed E-state index contributed by atoms with van der Waals surface area (Å²) in [6.07, 6.45) is 2.91. The highest BCUT2D eigenvalue weighted by atomic mass is 16.5. The molecule has 0 saturated carbocycles. The van der Waals surface area contributed by atoms with Gasteiger partial charge in [0.25, 0.3) is 5.91 Å². The Morgan fingerprint density at radius 3 is 2.37 bits per heavy atom. The van der Waals surface area contributed by atoms with Crippen LogP contribution in [0.1, 0.15) is 55.3 Å². The number of hydrogen-bond donors (Lipinski definition) is 0. The first kappa shape index (κ1) is 21.2. The average molecular weight is 412 g/mol.